The summed E-state index contributed by atoms with van der Waals surface area (Å²) in [5.41, 5.74) is 0.858. The molecule has 0 aromatic carbocycles. The Bertz CT molecular complexity index is 488. The number of piperazine rings is 1. The number of Topliss-reactive ketones (excluding diaryl/α,β-unsaturated/α-hetero) is 1. The van der Waals surface area contributed by atoms with E-state index in [1.807, 2.05) is 24.8 Å². The van der Waals surface area contributed by atoms with Gasteiger partial charge in [-0.15, -0.1) is 11.3 Å². The maximum absolute atomic E-state index is 12.2. The topological polar surface area (TPSA) is 40.6 Å². The van der Waals surface area contributed by atoms with Gasteiger partial charge in [-0.2, -0.15) is 0 Å². The number of carbonyl (C=O) groups excluding carboxylic acids is 2. The molecule has 4 nitrogen and oxygen atoms in total. The van der Waals surface area contributed by atoms with Crippen molar-refractivity contribution in [1.82, 2.24) is 9.80 Å². The molecule has 0 bridgehead atoms. The second-order valence-electron chi connectivity index (χ2n) is 5.03. The normalized spacial score (nSPS) is 16.7. The van der Waals surface area contributed by atoms with Gasteiger partial charge in [0.15, 0.2) is 5.78 Å². The maximum atomic E-state index is 12.2. The highest BCUT2D eigenvalue weighted by Gasteiger charge is 2.21. The average molecular weight is 280 g/mol. The molecular weight excluding hydrogens is 260 g/mol. The molecule has 0 unspecified atom stereocenters. The second kappa shape index (κ2) is 5.84. The molecule has 2 heterocycles. The number of ketones is 1. The summed E-state index contributed by atoms with van der Waals surface area (Å²) in [4.78, 5) is 29.7. The van der Waals surface area contributed by atoms with E-state index in [2.05, 4.69) is 4.90 Å². The number of hydrogen-bond donors (Lipinski definition) is 0. The van der Waals surface area contributed by atoms with E-state index in [0.29, 0.717) is 6.54 Å². The lowest BCUT2D eigenvalue weighted by atomic mass is 10.1. The monoisotopic (exact) mass is 280 g/mol. The fourth-order valence-electron chi connectivity index (χ4n) is 2.42. The van der Waals surface area contributed by atoms with Gasteiger partial charge in [0.25, 0.3) is 0 Å². The van der Waals surface area contributed by atoms with Crippen LogP contribution in [0.5, 0.6) is 0 Å². The first-order chi connectivity index (χ1) is 8.97. The third-order valence-corrected chi connectivity index (χ3v) is 4.49. The standard InChI is InChI=1S/C14H20N2O2S/c1-10-8-13(11(2)19-10)14(18)9-15-4-6-16(7-5-15)12(3)17/h8H,4-7,9H2,1-3H3. The van der Waals surface area contributed by atoms with Crippen LogP contribution in [0.25, 0.3) is 0 Å². The summed E-state index contributed by atoms with van der Waals surface area (Å²) in [6.07, 6.45) is 0. The van der Waals surface area contributed by atoms with Gasteiger partial charge in [-0.25, -0.2) is 0 Å². The largest absolute Gasteiger partial charge is 0.340 e. The quantitative estimate of drug-likeness (QED) is 0.792. The van der Waals surface area contributed by atoms with E-state index in [1.165, 1.54) is 4.88 Å². The molecule has 1 amide bonds. The highest BCUT2D eigenvalue weighted by Crippen LogP contribution is 2.21. The summed E-state index contributed by atoms with van der Waals surface area (Å²) in [6, 6.07) is 1.98. The minimum atomic E-state index is 0.121. The lowest BCUT2D eigenvalue weighted by Crippen LogP contribution is -2.49. The fraction of sp³-hybridized carbons (Fsp3) is 0.571. The first-order valence-corrected chi connectivity index (χ1v) is 7.37. The van der Waals surface area contributed by atoms with Crippen molar-refractivity contribution in [2.75, 3.05) is 32.7 Å². The Labute approximate surface area is 118 Å². The van der Waals surface area contributed by atoms with Gasteiger partial charge < -0.3 is 4.90 Å². The van der Waals surface area contributed by atoms with E-state index < -0.39 is 0 Å². The van der Waals surface area contributed by atoms with E-state index in [4.69, 9.17) is 0 Å². The van der Waals surface area contributed by atoms with Crippen molar-refractivity contribution >= 4 is 23.0 Å². The number of thiophene rings is 1. The molecule has 0 saturated carbocycles. The van der Waals surface area contributed by atoms with Crippen LogP contribution < -0.4 is 0 Å². The summed E-state index contributed by atoms with van der Waals surface area (Å²) in [7, 11) is 0. The van der Waals surface area contributed by atoms with Gasteiger partial charge >= 0.3 is 0 Å². The third-order valence-electron chi connectivity index (χ3n) is 3.53. The van der Waals surface area contributed by atoms with Crippen LogP contribution in [-0.2, 0) is 4.79 Å². The van der Waals surface area contributed by atoms with Crippen LogP contribution in [0.4, 0.5) is 0 Å². The Morgan fingerprint density at radius 3 is 2.32 bits per heavy atom. The summed E-state index contributed by atoms with van der Waals surface area (Å²) in [5, 5.41) is 0. The zero-order valence-corrected chi connectivity index (χ0v) is 12.5. The van der Waals surface area contributed by atoms with Crippen LogP contribution >= 0.6 is 11.3 Å². The zero-order valence-electron chi connectivity index (χ0n) is 11.7. The number of amides is 1. The van der Waals surface area contributed by atoms with Gasteiger partial charge in [0.2, 0.25) is 5.91 Å². The molecule has 1 aromatic rings. The average Bonchev–Trinajstić information content (AvgIpc) is 2.69. The van der Waals surface area contributed by atoms with Crippen molar-refractivity contribution in [2.24, 2.45) is 0 Å². The molecule has 1 aromatic heterocycles. The van der Waals surface area contributed by atoms with Crippen LogP contribution in [0, 0.1) is 13.8 Å². The number of carbonyl (C=O) groups is 2. The summed E-state index contributed by atoms with van der Waals surface area (Å²) in [6.45, 7) is 9.11. The zero-order chi connectivity index (χ0) is 14.0. The molecule has 1 saturated heterocycles. The molecule has 0 radical (unpaired) electrons. The molecule has 0 aliphatic carbocycles. The molecule has 19 heavy (non-hydrogen) atoms. The Morgan fingerprint density at radius 1 is 1.21 bits per heavy atom. The predicted octanol–water partition coefficient (Wildman–Crippen LogP) is 1.71. The van der Waals surface area contributed by atoms with Crippen LogP contribution in [0.2, 0.25) is 0 Å². The lowest BCUT2D eigenvalue weighted by Gasteiger charge is -2.33. The summed E-state index contributed by atoms with van der Waals surface area (Å²) < 4.78 is 0. The fourth-order valence-corrected chi connectivity index (χ4v) is 3.36. The Morgan fingerprint density at radius 2 is 1.84 bits per heavy atom. The molecule has 1 aliphatic heterocycles. The van der Waals surface area contributed by atoms with Crippen molar-refractivity contribution in [3.63, 3.8) is 0 Å². The minimum Gasteiger partial charge on any atom is -0.340 e. The summed E-state index contributed by atoms with van der Waals surface area (Å²) >= 11 is 1.67. The molecule has 1 aliphatic rings. The van der Waals surface area contributed by atoms with Crippen molar-refractivity contribution in [1.29, 1.82) is 0 Å². The molecule has 0 atom stereocenters. The van der Waals surface area contributed by atoms with Crippen LogP contribution in [0.3, 0.4) is 0 Å². The molecule has 2 rings (SSSR count). The van der Waals surface area contributed by atoms with E-state index in [0.717, 1.165) is 36.6 Å². The number of rotatable bonds is 3. The first kappa shape index (κ1) is 14.2. The first-order valence-electron chi connectivity index (χ1n) is 6.55. The van der Waals surface area contributed by atoms with Gasteiger partial charge in [-0.05, 0) is 19.9 Å². The molecule has 5 heteroatoms. The molecule has 104 valence electrons. The van der Waals surface area contributed by atoms with Crippen molar-refractivity contribution in [3.05, 3.63) is 21.4 Å². The van der Waals surface area contributed by atoms with Crippen molar-refractivity contribution in [2.45, 2.75) is 20.8 Å². The SMILES string of the molecule is CC(=O)N1CCN(CC(=O)c2cc(C)sc2C)CC1. The van der Waals surface area contributed by atoms with Crippen molar-refractivity contribution in [3.8, 4) is 0 Å². The Hall–Kier alpha value is -1.20. The van der Waals surface area contributed by atoms with Crippen LogP contribution in [0.15, 0.2) is 6.07 Å². The van der Waals surface area contributed by atoms with E-state index in [-0.39, 0.29) is 11.7 Å². The van der Waals surface area contributed by atoms with E-state index in [9.17, 15) is 9.59 Å². The summed E-state index contributed by atoms with van der Waals surface area (Å²) in [5.74, 6) is 0.313. The van der Waals surface area contributed by atoms with Gasteiger partial charge in [-0.1, -0.05) is 0 Å². The van der Waals surface area contributed by atoms with Crippen LogP contribution in [-0.4, -0.2) is 54.2 Å². The third kappa shape index (κ3) is 3.42. The van der Waals surface area contributed by atoms with Crippen LogP contribution in [0.1, 0.15) is 27.0 Å². The number of hydrogen-bond acceptors (Lipinski definition) is 4. The molecular formula is C14H20N2O2S. The predicted molar refractivity (Wildman–Crippen MR) is 76.8 cm³/mol. The van der Waals surface area contributed by atoms with E-state index >= 15 is 0 Å². The smallest absolute Gasteiger partial charge is 0.219 e. The highest BCUT2D eigenvalue weighted by atomic mass is 32.1. The Kier molecular flexibility index (Phi) is 4.37. The highest BCUT2D eigenvalue weighted by molar-refractivity contribution is 7.12. The number of aryl methyl sites for hydroxylation is 2. The molecule has 1 fully saturated rings. The molecule has 0 N–H and O–H groups in total. The minimum absolute atomic E-state index is 0.121. The maximum Gasteiger partial charge on any atom is 0.219 e. The lowest BCUT2D eigenvalue weighted by molar-refractivity contribution is -0.130. The Balaban J connectivity index is 1.91. The van der Waals surface area contributed by atoms with Gasteiger partial charge in [0.1, 0.15) is 0 Å². The van der Waals surface area contributed by atoms with E-state index in [1.54, 1.807) is 18.3 Å². The number of nitrogens with zero attached hydrogens (tertiary/aromatic N) is 2. The van der Waals surface area contributed by atoms with Gasteiger partial charge in [-0.3, -0.25) is 14.5 Å². The van der Waals surface area contributed by atoms with Gasteiger partial charge in [0.05, 0.1) is 6.54 Å². The van der Waals surface area contributed by atoms with Gasteiger partial charge in [0, 0.05) is 48.4 Å². The molecule has 0 spiro atoms. The second-order valence-corrected chi connectivity index (χ2v) is 6.49. The van der Waals surface area contributed by atoms with Crippen molar-refractivity contribution < 1.29 is 9.59 Å².